The van der Waals surface area contributed by atoms with Gasteiger partial charge in [0.05, 0.1) is 26.8 Å². The van der Waals surface area contributed by atoms with Crippen molar-refractivity contribution < 1.29 is 14.2 Å². The van der Waals surface area contributed by atoms with Gasteiger partial charge in [0.25, 0.3) is 0 Å². The van der Waals surface area contributed by atoms with Crippen LogP contribution in [0, 0.1) is 0 Å². The second-order valence-corrected chi connectivity index (χ2v) is 5.80. The molecule has 0 radical (unpaired) electrons. The lowest BCUT2D eigenvalue weighted by Gasteiger charge is -2.12. The molecule has 4 aromatic rings. The highest BCUT2D eigenvalue weighted by atomic mass is 16.5. The van der Waals surface area contributed by atoms with E-state index in [1.165, 1.54) is 7.11 Å². The van der Waals surface area contributed by atoms with Gasteiger partial charge in [-0.2, -0.15) is 0 Å². The van der Waals surface area contributed by atoms with Crippen LogP contribution >= 0.6 is 0 Å². The Morgan fingerprint density at radius 3 is 2.12 bits per heavy atom. The standard InChI is InChI=1S/C20H17NO4/c1-23-17-9-15-11(6-16(17)22)4-5-13-14-8-19(25-3)18(24-2)7-12(14)10-21-20(13)15/h4-10,21H,1-3H3. The zero-order valence-electron chi connectivity index (χ0n) is 14.2. The summed E-state index contributed by atoms with van der Waals surface area (Å²) in [4.78, 5) is 15.3. The Hall–Kier alpha value is -3.21. The van der Waals surface area contributed by atoms with E-state index < -0.39 is 0 Å². The normalized spacial score (nSPS) is 11.2. The van der Waals surface area contributed by atoms with Gasteiger partial charge >= 0.3 is 0 Å². The second kappa shape index (κ2) is 5.70. The predicted molar refractivity (Wildman–Crippen MR) is 99.2 cm³/mol. The van der Waals surface area contributed by atoms with Crippen LogP contribution in [0.15, 0.2) is 47.4 Å². The van der Waals surface area contributed by atoms with E-state index in [4.69, 9.17) is 14.2 Å². The van der Waals surface area contributed by atoms with Crippen LogP contribution in [0.5, 0.6) is 17.2 Å². The number of H-pyrrole nitrogens is 1. The molecular formula is C20H17NO4. The summed E-state index contributed by atoms with van der Waals surface area (Å²) < 4.78 is 16.0. The number of hydrogen-bond donors (Lipinski definition) is 1. The Morgan fingerprint density at radius 1 is 0.720 bits per heavy atom. The van der Waals surface area contributed by atoms with Crippen LogP contribution in [0.1, 0.15) is 0 Å². The van der Waals surface area contributed by atoms with Crippen LogP contribution < -0.4 is 19.6 Å². The van der Waals surface area contributed by atoms with Crippen LogP contribution in [0.3, 0.4) is 0 Å². The average molecular weight is 335 g/mol. The molecule has 1 heterocycles. The van der Waals surface area contributed by atoms with Gasteiger partial charge in [-0.3, -0.25) is 4.79 Å². The van der Waals surface area contributed by atoms with Crippen molar-refractivity contribution in [2.75, 3.05) is 21.3 Å². The molecule has 0 bridgehead atoms. The van der Waals surface area contributed by atoms with Crippen LogP contribution in [-0.4, -0.2) is 26.3 Å². The first-order valence-electron chi connectivity index (χ1n) is 7.84. The van der Waals surface area contributed by atoms with Gasteiger partial charge < -0.3 is 19.2 Å². The molecule has 4 rings (SSSR count). The number of ether oxygens (including phenoxy) is 3. The monoisotopic (exact) mass is 335 g/mol. The fourth-order valence-corrected chi connectivity index (χ4v) is 3.27. The molecule has 3 aromatic carbocycles. The summed E-state index contributed by atoms with van der Waals surface area (Å²) in [6, 6.07) is 11.2. The van der Waals surface area contributed by atoms with Crippen molar-refractivity contribution in [1.29, 1.82) is 0 Å². The van der Waals surface area contributed by atoms with Gasteiger partial charge in [0.15, 0.2) is 17.2 Å². The van der Waals surface area contributed by atoms with E-state index in [9.17, 15) is 4.79 Å². The maximum Gasteiger partial charge on any atom is 0.220 e. The van der Waals surface area contributed by atoms with Crippen molar-refractivity contribution in [3.8, 4) is 17.2 Å². The number of aromatic amines is 1. The average Bonchev–Trinajstić information content (AvgIpc) is 2.65. The first-order valence-corrected chi connectivity index (χ1v) is 7.84. The molecule has 0 saturated carbocycles. The first-order chi connectivity index (χ1) is 12.2. The molecule has 5 nitrogen and oxygen atoms in total. The topological polar surface area (TPSA) is 60.5 Å². The molecular weight excluding hydrogens is 318 g/mol. The van der Waals surface area contributed by atoms with Crippen molar-refractivity contribution in [1.82, 2.24) is 4.98 Å². The SMILES string of the molecule is COc1cc2c[nH]c3c4cc(OC)c(=O)cc4ccc3c2cc1OC. The molecule has 0 aliphatic rings. The van der Waals surface area contributed by atoms with Crippen LogP contribution in [-0.2, 0) is 0 Å². The zero-order chi connectivity index (χ0) is 17.6. The lowest BCUT2D eigenvalue weighted by atomic mass is 10.0. The molecule has 0 aliphatic heterocycles. The molecule has 0 unspecified atom stereocenters. The summed E-state index contributed by atoms with van der Waals surface area (Å²) in [6.45, 7) is 0. The lowest BCUT2D eigenvalue weighted by Crippen LogP contribution is -2.03. The summed E-state index contributed by atoms with van der Waals surface area (Å²) in [5.74, 6) is 1.69. The van der Waals surface area contributed by atoms with E-state index in [2.05, 4.69) is 4.98 Å². The molecule has 0 amide bonds. The Morgan fingerprint density at radius 2 is 1.40 bits per heavy atom. The Labute approximate surface area is 143 Å². The quantitative estimate of drug-likeness (QED) is 0.578. The lowest BCUT2D eigenvalue weighted by molar-refractivity contribution is 0.356. The number of hydrogen-bond acceptors (Lipinski definition) is 4. The van der Waals surface area contributed by atoms with Crippen LogP contribution in [0.25, 0.3) is 32.4 Å². The van der Waals surface area contributed by atoms with Gasteiger partial charge in [0, 0.05) is 22.4 Å². The third-order valence-corrected chi connectivity index (χ3v) is 4.52. The summed E-state index contributed by atoms with van der Waals surface area (Å²) in [5, 5.41) is 4.89. The highest BCUT2D eigenvalue weighted by Gasteiger charge is 2.11. The minimum Gasteiger partial charge on any atom is -0.493 e. The number of pyridine rings is 1. The van der Waals surface area contributed by atoms with Crippen molar-refractivity contribution >= 4 is 32.4 Å². The third kappa shape index (κ3) is 2.28. The van der Waals surface area contributed by atoms with E-state index in [0.717, 1.165) is 32.4 Å². The number of benzene rings is 3. The molecule has 0 spiro atoms. The van der Waals surface area contributed by atoms with Crippen molar-refractivity contribution in [3.63, 3.8) is 0 Å². The van der Waals surface area contributed by atoms with Crippen molar-refractivity contribution in [2.24, 2.45) is 0 Å². The van der Waals surface area contributed by atoms with E-state index in [0.29, 0.717) is 17.2 Å². The van der Waals surface area contributed by atoms with E-state index in [1.54, 1.807) is 26.4 Å². The molecule has 126 valence electrons. The molecule has 0 atom stereocenters. The number of aromatic nitrogens is 1. The molecule has 1 N–H and O–H groups in total. The van der Waals surface area contributed by atoms with Crippen molar-refractivity contribution in [3.05, 3.63) is 52.8 Å². The van der Waals surface area contributed by atoms with E-state index in [1.807, 2.05) is 30.5 Å². The maximum absolute atomic E-state index is 12.0. The smallest absolute Gasteiger partial charge is 0.220 e. The first kappa shape index (κ1) is 15.3. The molecule has 1 aromatic heterocycles. The predicted octanol–water partition coefficient (Wildman–Crippen LogP) is 3.86. The number of fused-ring (bicyclic) bond motifs is 5. The highest BCUT2D eigenvalue weighted by Crippen LogP contribution is 2.36. The number of rotatable bonds is 3. The number of methoxy groups -OCH3 is 3. The van der Waals surface area contributed by atoms with Gasteiger partial charge in [-0.1, -0.05) is 12.1 Å². The molecule has 0 fully saturated rings. The zero-order valence-corrected chi connectivity index (χ0v) is 14.2. The summed E-state index contributed by atoms with van der Waals surface area (Å²) in [6.07, 6.45) is 1.93. The third-order valence-electron chi connectivity index (χ3n) is 4.52. The van der Waals surface area contributed by atoms with E-state index >= 15 is 0 Å². The fraction of sp³-hybridized carbons (Fsp3) is 0.150. The van der Waals surface area contributed by atoms with Gasteiger partial charge in [0.2, 0.25) is 5.43 Å². The Bertz CT molecular complexity index is 1180. The highest BCUT2D eigenvalue weighted by molar-refractivity contribution is 6.15. The number of nitrogens with one attached hydrogen (secondary N) is 1. The van der Waals surface area contributed by atoms with Gasteiger partial charge in [-0.05, 0) is 35.0 Å². The summed E-state index contributed by atoms with van der Waals surface area (Å²) >= 11 is 0. The van der Waals surface area contributed by atoms with Gasteiger partial charge in [-0.25, -0.2) is 0 Å². The largest absolute Gasteiger partial charge is 0.493 e. The minimum absolute atomic E-state index is 0.124. The minimum atomic E-state index is -0.124. The molecule has 0 saturated heterocycles. The van der Waals surface area contributed by atoms with Crippen LogP contribution in [0.4, 0.5) is 0 Å². The molecule has 25 heavy (non-hydrogen) atoms. The molecule has 5 heteroatoms. The van der Waals surface area contributed by atoms with Gasteiger partial charge in [-0.15, -0.1) is 0 Å². The van der Waals surface area contributed by atoms with Crippen molar-refractivity contribution in [2.45, 2.75) is 0 Å². The summed E-state index contributed by atoms with van der Waals surface area (Å²) in [5.41, 5.74) is 0.817. The molecule has 0 aliphatic carbocycles. The second-order valence-electron chi connectivity index (χ2n) is 5.80. The van der Waals surface area contributed by atoms with E-state index in [-0.39, 0.29) is 5.43 Å². The van der Waals surface area contributed by atoms with Crippen LogP contribution in [0.2, 0.25) is 0 Å². The Balaban J connectivity index is 2.14. The fourth-order valence-electron chi connectivity index (χ4n) is 3.27. The Kier molecular flexibility index (Phi) is 3.50. The summed E-state index contributed by atoms with van der Waals surface area (Å²) in [7, 11) is 4.75. The van der Waals surface area contributed by atoms with Gasteiger partial charge in [0.1, 0.15) is 0 Å². The maximum atomic E-state index is 12.0.